The Labute approximate surface area is 127 Å². The van der Waals surface area contributed by atoms with Crippen molar-refractivity contribution >= 4 is 44.9 Å². The van der Waals surface area contributed by atoms with Gasteiger partial charge in [0.05, 0.1) is 11.3 Å². The Morgan fingerprint density at radius 3 is 2.62 bits per heavy atom. The summed E-state index contributed by atoms with van der Waals surface area (Å²) in [6.45, 7) is 1.69. The van der Waals surface area contributed by atoms with Gasteiger partial charge in [0.1, 0.15) is 6.07 Å². The van der Waals surface area contributed by atoms with Crippen molar-refractivity contribution in [2.75, 3.05) is 5.43 Å². The molecule has 0 aliphatic heterocycles. The first-order valence-electron chi connectivity index (χ1n) is 5.44. The molecule has 108 valence electrons. The lowest BCUT2D eigenvalue weighted by molar-refractivity contribution is -0.131. The van der Waals surface area contributed by atoms with Crippen molar-refractivity contribution in [1.29, 1.82) is 10.7 Å². The molecule has 0 saturated carbocycles. The highest BCUT2D eigenvalue weighted by molar-refractivity contribution is 9.10. The summed E-state index contributed by atoms with van der Waals surface area (Å²) < 4.78 is 0.302. The Balaban J connectivity index is 3.35. The van der Waals surface area contributed by atoms with Crippen LogP contribution in [0.5, 0.6) is 0 Å². The molecule has 1 aromatic carbocycles. The standard InChI is InChI=1S/C12H10BrN5O3/c1-5-2-3-6(17-18-7(4-14)11(15)16)8(9(5)13)10(19)12(20)21/h2-3,17H,1H3,(H3,15,16)(H,20,21)/b18-7+. The minimum Gasteiger partial charge on any atom is -0.475 e. The number of carboxylic acids is 1. The van der Waals surface area contributed by atoms with Gasteiger partial charge in [0, 0.05) is 4.47 Å². The lowest BCUT2D eigenvalue weighted by Gasteiger charge is -2.10. The molecule has 0 unspecified atom stereocenters. The van der Waals surface area contributed by atoms with E-state index in [1.807, 2.05) is 0 Å². The van der Waals surface area contributed by atoms with Crippen LogP contribution in [0.2, 0.25) is 0 Å². The number of hydrazone groups is 1. The van der Waals surface area contributed by atoms with Gasteiger partial charge in [-0.05, 0) is 34.5 Å². The molecule has 0 aromatic heterocycles. The number of ketones is 1. The molecule has 0 aliphatic rings. The van der Waals surface area contributed by atoms with Crippen LogP contribution in [0.3, 0.4) is 0 Å². The van der Waals surface area contributed by atoms with Gasteiger partial charge in [-0.2, -0.15) is 10.4 Å². The molecule has 0 amide bonds. The van der Waals surface area contributed by atoms with Crippen LogP contribution < -0.4 is 11.2 Å². The van der Waals surface area contributed by atoms with Gasteiger partial charge < -0.3 is 10.8 Å². The fraction of sp³-hybridized carbons (Fsp3) is 0.0833. The number of anilines is 1. The first kappa shape index (κ1) is 16.3. The van der Waals surface area contributed by atoms with Crippen molar-refractivity contribution in [2.45, 2.75) is 6.92 Å². The molecule has 21 heavy (non-hydrogen) atoms. The molecule has 0 aliphatic carbocycles. The highest BCUT2D eigenvalue weighted by atomic mass is 79.9. The number of benzene rings is 1. The van der Waals surface area contributed by atoms with Crippen LogP contribution >= 0.6 is 15.9 Å². The van der Waals surface area contributed by atoms with Crippen LogP contribution in [0.1, 0.15) is 15.9 Å². The van der Waals surface area contributed by atoms with Crippen LogP contribution in [0.25, 0.3) is 0 Å². The topological polar surface area (TPSA) is 152 Å². The van der Waals surface area contributed by atoms with Crippen LogP contribution in [-0.4, -0.2) is 28.4 Å². The second-order valence-corrected chi connectivity index (χ2v) is 4.64. The van der Waals surface area contributed by atoms with E-state index < -0.39 is 17.6 Å². The third-order valence-corrected chi connectivity index (χ3v) is 3.43. The minimum absolute atomic E-state index is 0.0777. The van der Waals surface area contributed by atoms with Crippen molar-refractivity contribution in [1.82, 2.24) is 0 Å². The van der Waals surface area contributed by atoms with Crippen LogP contribution in [0, 0.1) is 23.7 Å². The number of halogens is 1. The van der Waals surface area contributed by atoms with E-state index in [9.17, 15) is 9.59 Å². The smallest absolute Gasteiger partial charge is 0.377 e. The molecule has 0 radical (unpaired) electrons. The molecule has 0 saturated heterocycles. The summed E-state index contributed by atoms with van der Waals surface area (Å²) in [5, 5.41) is 28.3. The van der Waals surface area contributed by atoms with Crippen molar-refractivity contribution in [3.8, 4) is 6.07 Å². The Hall–Kier alpha value is -2.73. The third kappa shape index (κ3) is 3.64. The summed E-state index contributed by atoms with van der Waals surface area (Å²) in [5.41, 5.74) is 7.72. The van der Waals surface area contributed by atoms with E-state index in [0.29, 0.717) is 10.0 Å². The van der Waals surface area contributed by atoms with E-state index in [1.54, 1.807) is 19.1 Å². The lowest BCUT2D eigenvalue weighted by atomic mass is 10.1. The molecule has 0 fully saturated rings. The number of carbonyl (C=O) groups is 2. The van der Waals surface area contributed by atoms with Gasteiger partial charge in [-0.25, -0.2) is 4.79 Å². The largest absolute Gasteiger partial charge is 0.475 e. The van der Waals surface area contributed by atoms with Crippen LogP contribution in [0.15, 0.2) is 21.7 Å². The number of nitrogens with zero attached hydrogens (tertiary/aromatic N) is 2. The summed E-state index contributed by atoms with van der Waals surface area (Å²) in [7, 11) is 0. The summed E-state index contributed by atoms with van der Waals surface area (Å²) >= 11 is 3.15. The van der Waals surface area contributed by atoms with E-state index in [4.69, 9.17) is 21.5 Å². The molecule has 0 heterocycles. The van der Waals surface area contributed by atoms with Gasteiger partial charge in [-0.1, -0.05) is 6.07 Å². The van der Waals surface area contributed by atoms with Crippen molar-refractivity contribution in [2.24, 2.45) is 10.8 Å². The van der Waals surface area contributed by atoms with Crippen molar-refractivity contribution < 1.29 is 14.7 Å². The number of amidine groups is 1. The number of nitrogens with two attached hydrogens (primary N) is 1. The van der Waals surface area contributed by atoms with Crippen LogP contribution in [-0.2, 0) is 4.79 Å². The maximum absolute atomic E-state index is 11.7. The van der Waals surface area contributed by atoms with Gasteiger partial charge in [0.2, 0.25) is 5.71 Å². The number of rotatable bonds is 5. The maximum atomic E-state index is 11.7. The fourth-order valence-corrected chi connectivity index (χ4v) is 1.89. The fourth-order valence-electron chi connectivity index (χ4n) is 1.36. The molecule has 0 bridgehead atoms. The van der Waals surface area contributed by atoms with Crippen LogP contribution in [0.4, 0.5) is 5.69 Å². The Kier molecular flexibility index (Phi) is 5.15. The quantitative estimate of drug-likeness (QED) is 0.206. The molecule has 1 rings (SSSR count). The number of nitrogens with one attached hydrogen (secondary N) is 2. The van der Waals surface area contributed by atoms with E-state index in [-0.39, 0.29) is 17.0 Å². The predicted octanol–water partition coefficient (Wildman–Crippen LogP) is 1.25. The number of carbonyl (C=O) groups excluding carboxylic acids is 1. The molecular formula is C12H10BrN5O3. The SMILES string of the molecule is Cc1ccc(N/N=C(\C#N)C(=N)N)c(C(=O)C(=O)O)c1Br. The van der Waals surface area contributed by atoms with Gasteiger partial charge >= 0.3 is 5.97 Å². The molecule has 1 aromatic rings. The first-order valence-corrected chi connectivity index (χ1v) is 6.23. The molecular weight excluding hydrogens is 342 g/mol. The van der Waals surface area contributed by atoms with Gasteiger partial charge in [0.25, 0.3) is 5.78 Å². The highest BCUT2D eigenvalue weighted by Crippen LogP contribution is 2.29. The Morgan fingerprint density at radius 1 is 1.52 bits per heavy atom. The monoisotopic (exact) mass is 351 g/mol. The number of hydrogen-bond acceptors (Lipinski definition) is 6. The molecule has 5 N–H and O–H groups in total. The molecule has 0 atom stereocenters. The van der Waals surface area contributed by atoms with Gasteiger partial charge in [-0.3, -0.25) is 15.6 Å². The van der Waals surface area contributed by atoms with Gasteiger partial charge in [0.15, 0.2) is 5.84 Å². The summed E-state index contributed by atoms with van der Waals surface area (Å²) in [6, 6.07) is 4.66. The number of aliphatic carboxylic acids is 1. The second-order valence-electron chi connectivity index (χ2n) is 3.85. The zero-order chi connectivity index (χ0) is 16.2. The molecule has 8 nitrogen and oxygen atoms in total. The zero-order valence-electron chi connectivity index (χ0n) is 10.8. The Bertz CT molecular complexity index is 706. The van der Waals surface area contributed by atoms with E-state index >= 15 is 0 Å². The second kappa shape index (κ2) is 6.62. The van der Waals surface area contributed by atoms with Gasteiger partial charge in [-0.15, -0.1) is 0 Å². The number of hydrogen-bond donors (Lipinski definition) is 4. The molecule has 0 spiro atoms. The maximum Gasteiger partial charge on any atom is 0.377 e. The lowest BCUT2D eigenvalue weighted by Crippen LogP contribution is -2.22. The van der Waals surface area contributed by atoms with E-state index in [1.165, 1.54) is 6.07 Å². The molecule has 9 heteroatoms. The number of aryl methyl sites for hydroxylation is 1. The normalized spacial score (nSPS) is 10.6. The summed E-state index contributed by atoms with van der Waals surface area (Å²) in [5.74, 6) is -3.31. The Morgan fingerprint density at radius 2 is 2.14 bits per heavy atom. The summed E-state index contributed by atoms with van der Waals surface area (Å²) in [6.07, 6.45) is 0. The number of nitriles is 1. The van der Waals surface area contributed by atoms with E-state index in [0.717, 1.165) is 0 Å². The number of carboxylic acid groups (broad SMARTS) is 1. The van der Waals surface area contributed by atoms with E-state index in [2.05, 4.69) is 26.5 Å². The highest BCUT2D eigenvalue weighted by Gasteiger charge is 2.23. The van der Waals surface area contributed by atoms with Crippen molar-refractivity contribution in [3.05, 3.63) is 27.7 Å². The number of Topliss-reactive ketones (excluding diaryl/α,β-unsaturated/α-hetero) is 1. The predicted molar refractivity (Wildman–Crippen MR) is 79.4 cm³/mol. The first-order chi connectivity index (χ1) is 9.79. The third-order valence-electron chi connectivity index (χ3n) is 2.41. The van der Waals surface area contributed by atoms with Crippen molar-refractivity contribution in [3.63, 3.8) is 0 Å². The zero-order valence-corrected chi connectivity index (χ0v) is 12.4. The average Bonchev–Trinajstić information content (AvgIpc) is 2.42. The minimum atomic E-state index is -1.62. The summed E-state index contributed by atoms with van der Waals surface area (Å²) in [4.78, 5) is 22.6. The average molecular weight is 352 g/mol.